The molecule has 0 saturated carbocycles. The molecule has 0 saturated heterocycles. The summed E-state index contributed by atoms with van der Waals surface area (Å²) >= 11 is 5.73. The largest absolute Gasteiger partial charge is 0.484 e. The number of sulfonamides is 1. The zero-order chi connectivity index (χ0) is 21.7. The standard InChI is InChI=1S/C18H18ClF3N2O4S/c1-12(24-29(26,27)16-8-4-14(19)5-9-16)17(25)23-10-13-2-6-15(7-3-13)28-11-18(20,21)22/h2-9,12,24H,10-11H2,1H3,(H,23,25)/t12-/m1/s1. The minimum atomic E-state index is -4.43. The Morgan fingerprint density at radius 2 is 1.69 bits per heavy atom. The highest BCUT2D eigenvalue weighted by Crippen LogP contribution is 2.19. The third-order valence-electron chi connectivity index (χ3n) is 3.64. The van der Waals surface area contributed by atoms with Crippen molar-refractivity contribution in [3.63, 3.8) is 0 Å². The minimum absolute atomic E-state index is 0.0315. The van der Waals surface area contributed by atoms with E-state index in [0.29, 0.717) is 10.6 Å². The summed E-state index contributed by atoms with van der Waals surface area (Å²) in [5, 5.41) is 2.93. The topological polar surface area (TPSA) is 84.5 Å². The van der Waals surface area contributed by atoms with Crippen LogP contribution in [0.5, 0.6) is 5.75 Å². The number of alkyl halides is 3. The summed E-state index contributed by atoms with van der Waals surface area (Å²) in [4.78, 5) is 12.1. The molecule has 0 aliphatic rings. The van der Waals surface area contributed by atoms with Crippen molar-refractivity contribution in [1.82, 2.24) is 10.0 Å². The summed E-state index contributed by atoms with van der Waals surface area (Å²) in [6, 6.07) is 10.1. The van der Waals surface area contributed by atoms with Crippen LogP contribution < -0.4 is 14.8 Å². The highest BCUT2D eigenvalue weighted by molar-refractivity contribution is 7.89. The number of hydrogen-bond donors (Lipinski definition) is 2. The maximum atomic E-state index is 12.3. The lowest BCUT2D eigenvalue weighted by Crippen LogP contribution is -2.44. The molecule has 2 rings (SSSR count). The van der Waals surface area contributed by atoms with Crippen LogP contribution in [0.1, 0.15) is 12.5 Å². The Hall–Kier alpha value is -2.30. The van der Waals surface area contributed by atoms with Gasteiger partial charge in [-0.3, -0.25) is 4.79 Å². The zero-order valence-corrected chi connectivity index (χ0v) is 16.7. The molecule has 2 aromatic rings. The Morgan fingerprint density at radius 3 is 2.24 bits per heavy atom. The smallest absolute Gasteiger partial charge is 0.422 e. The van der Waals surface area contributed by atoms with E-state index in [1.165, 1.54) is 55.5 Å². The first-order chi connectivity index (χ1) is 13.5. The predicted octanol–water partition coefficient (Wildman–Crippen LogP) is 3.26. The average molecular weight is 451 g/mol. The second kappa shape index (κ2) is 9.47. The van der Waals surface area contributed by atoms with Crippen LogP contribution in [-0.2, 0) is 21.4 Å². The van der Waals surface area contributed by atoms with Gasteiger partial charge in [-0.05, 0) is 48.9 Å². The van der Waals surface area contributed by atoms with Crippen LogP contribution in [0.15, 0.2) is 53.4 Å². The van der Waals surface area contributed by atoms with Crippen molar-refractivity contribution in [1.29, 1.82) is 0 Å². The fourth-order valence-electron chi connectivity index (χ4n) is 2.18. The van der Waals surface area contributed by atoms with Crippen molar-refractivity contribution >= 4 is 27.5 Å². The van der Waals surface area contributed by atoms with Crippen LogP contribution in [0.2, 0.25) is 5.02 Å². The number of carbonyl (C=O) groups excluding carboxylic acids is 1. The molecule has 0 spiro atoms. The van der Waals surface area contributed by atoms with E-state index in [2.05, 4.69) is 14.8 Å². The molecule has 0 aromatic heterocycles. The van der Waals surface area contributed by atoms with Crippen LogP contribution in [0.25, 0.3) is 0 Å². The van der Waals surface area contributed by atoms with Crippen LogP contribution in [-0.4, -0.2) is 33.1 Å². The monoisotopic (exact) mass is 450 g/mol. The van der Waals surface area contributed by atoms with E-state index >= 15 is 0 Å². The molecule has 0 unspecified atom stereocenters. The van der Waals surface area contributed by atoms with Gasteiger partial charge in [-0.15, -0.1) is 0 Å². The minimum Gasteiger partial charge on any atom is -0.484 e. The number of halogens is 4. The van der Waals surface area contributed by atoms with Crippen molar-refractivity contribution in [3.8, 4) is 5.75 Å². The zero-order valence-electron chi connectivity index (χ0n) is 15.2. The van der Waals surface area contributed by atoms with E-state index < -0.39 is 34.8 Å². The van der Waals surface area contributed by atoms with Gasteiger partial charge < -0.3 is 10.1 Å². The maximum Gasteiger partial charge on any atom is 0.422 e. The SMILES string of the molecule is C[C@@H](NS(=O)(=O)c1ccc(Cl)cc1)C(=O)NCc1ccc(OCC(F)(F)F)cc1. The fourth-order valence-corrected chi connectivity index (χ4v) is 3.51. The van der Waals surface area contributed by atoms with Gasteiger partial charge in [0.05, 0.1) is 10.9 Å². The normalized spacial score (nSPS) is 13.0. The van der Waals surface area contributed by atoms with Gasteiger partial charge in [-0.25, -0.2) is 8.42 Å². The first-order valence-electron chi connectivity index (χ1n) is 8.30. The predicted molar refractivity (Wildman–Crippen MR) is 101 cm³/mol. The van der Waals surface area contributed by atoms with Crippen molar-refractivity contribution in [2.24, 2.45) is 0 Å². The maximum absolute atomic E-state index is 12.3. The average Bonchev–Trinajstić information content (AvgIpc) is 2.64. The number of ether oxygens (including phenoxy) is 1. The van der Waals surface area contributed by atoms with E-state index in [0.717, 1.165) is 0 Å². The number of rotatable bonds is 8. The number of nitrogens with one attached hydrogen (secondary N) is 2. The van der Waals surface area contributed by atoms with Gasteiger partial charge >= 0.3 is 6.18 Å². The van der Waals surface area contributed by atoms with Crippen molar-refractivity contribution in [2.45, 2.75) is 30.6 Å². The van der Waals surface area contributed by atoms with Gasteiger partial charge in [-0.1, -0.05) is 23.7 Å². The van der Waals surface area contributed by atoms with Crippen molar-refractivity contribution < 1.29 is 31.1 Å². The third kappa shape index (κ3) is 7.56. The van der Waals surface area contributed by atoms with Crippen molar-refractivity contribution in [2.75, 3.05) is 6.61 Å². The molecule has 0 radical (unpaired) electrons. The van der Waals surface area contributed by atoms with Crippen LogP contribution in [0.4, 0.5) is 13.2 Å². The van der Waals surface area contributed by atoms with E-state index in [4.69, 9.17) is 11.6 Å². The summed E-state index contributed by atoms with van der Waals surface area (Å²) in [5.41, 5.74) is 0.602. The third-order valence-corrected chi connectivity index (χ3v) is 5.45. The summed E-state index contributed by atoms with van der Waals surface area (Å²) < 4.78 is 67.8. The highest BCUT2D eigenvalue weighted by atomic mass is 35.5. The number of hydrogen-bond acceptors (Lipinski definition) is 4. The molecule has 0 heterocycles. The van der Waals surface area contributed by atoms with E-state index in [1.807, 2.05) is 0 Å². The Labute approximate surface area is 171 Å². The van der Waals surface area contributed by atoms with Gasteiger partial charge in [0, 0.05) is 11.6 Å². The van der Waals surface area contributed by atoms with Gasteiger partial charge in [0.2, 0.25) is 15.9 Å². The van der Waals surface area contributed by atoms with Gasteiger partial charge in [0.1, 0.15) is 5.75 Å². The highest BCUT2D eigenvalue weighted by Gasteiger charge is 2.28. The van der Waals surface area contributed by atoms with Gasteiger partial charge in [-0.2, -0.15) is 17.9 Å². The van der Waals surface area contributed by atoms with Crippen LogP contribution >= 0.6 is 11.6 Å². The molecule has 11 heteroatoms. The molecule has 2 aromatic carbocycles. The fraction of sp³-hybridized carbons (Fsp3) is 0.278. The summed E-state index contributed by atoms with van der Waals surface area (Å²) in [6.45, 7) is 0.0522. The first-order valence-corrected chi connectivity index (χ1v) is 10.2. The lowest BCUT2D eigenvalue weighted by Gasteiger charge is -2.15. The molecule has 2 N–H and O–H groups in total. The number of benzene rings is 2. The molecule has 6 nitrogen and oxygen atoms in total. The summed E-state index contributed by atoms with van der Waals surface area (Å²) in [7, 11) is -3.91. The Morgan fingerprint density at radius 1 is 1.10 bits per heavy atom. The molecular formula is C18H18ClF3N2O4S. The second-order valence-corrected chi connectivity index (χ2v) is 8.21. The molecular weight excluding hydrogens is 433 g/mol. The number of carbonyl (C=O) groups is 1. The second-order valence-electron chi connectivity index (χ2n) is 6.06. The molecule has 0 aliphatic heterocycles. The van der Waals surface area contributed by atoms with Crippen LogP contribution in [0.3, 0.4) is 0 Å². The molecule has 0 fully saturated rings. The van der Waals surface area contributed by atoms with E-state index in [-0.39, 0.29) is 17.2 Å². The molecule has 1 amide bonds. The molecule has 158 valence electrons. The van der Waals surface area contributed by atoms with E-state index in [9.17, 15) is 26.4 Å². The van der Waals surface area contributed by atoms with Gasteiger partial charge in [0.15, 0.2) is 6.61 Å². The lowest BCUT2D eigenvalue weighted by atomic mass is 10.2. The molecule has 1 atom stereocenters. The lowest BCUT2D eigenvalue weighted by molar-refractivity contribution is -0.153. The van der Waals surface area contributed by atoms with Gasteiger partial charge in [0.25, 0.3) is 0 Å². The molecule has 29 heavy (non-hydrogen) atoms. The van der Waals surface area contributed by atoms with E-state index in [1.54, 1.807) is 0 Å². The number of amides is 1. The quantitative estimate of drug-likeness (QED) is 0.646. The van der Waals surface area contributed by atoms with Crippen LogP contribution in [0, 0.1) is 0 Å². The van der Waals surface area contributed by atoms with Crippen molar-refractivity contribution in [3.05, 3.63) is 59.1 Å². The first kappa shape index (κ1) is 23.0. The molecule has 0 bridgehead atoms. The Balaban J connectivity index is 1.87. The summed E-state index contributed by atoms with van der Waals surface area (Å²) in [5.74, 6) is -0.526. The Kier molecular flexibility index (Phi) is 7.50. The molecule has 0 aliphatic carbocycles. The Bertz CT molecular complexity index is 933. The summed E-state index contributed by atoms with van der Waals surface area (Å²) in [6.07, 6.45) is -4.43.